The van der Waals surface area contributed by atoms with Gasteiger partial charge in [0.05, 0.1) is 17.4 Å². The van der Waals surface area contributed by atoms with E-state index in [-0.39, 0.29) is 11.2 Å². The zero-order valence-corrected chi connectivity index (χ0v) is 14.3. The normalized spacial score (nSPS) is 19.3. The van der Waals surface area contributed by atoms with Crippen LogP contribution in [0.5, 0.6) is 0 Å². The highest BCUT2D eigenvalue weighted by Crippen LogP contribution is 2.28. The minimum absolute atomic E-state index is 0.112. The van der Waals surface area contributed by atoms with Crippen molar-refractivity contribution in [2.75, 3.05) is 5.75 Å². The maximum absolute atomic E-state index is 12.4. The fraction of sp³-hybridized carbons (Fsp3) is 0.556. The number of hydrogen-bond donors (Lipinski definition) is 2. The highest BCUT2D eigenvalue weighted by molar-refractivity contribution is 8.00. The average Bonchev–Trinajstić information content (AvgIpc) is 2.60. The second-order valence-electron chi connectivity index (χ2n) is 6.15. The summed E-state index contributed by atoms with van der Waals surface area (Å²) in [7, 11) is 0. The molecule has 124 valence electrons. The van der Waals surface area contributed by atoms with Crippen molar-refractivity contribution in [2.45, 2.75) is 55.9 Å². The first kappa shape index (κ1) is 17.8. The third-order valence-corrected chi connectivity index (χ3v) is 5.56. The van der Waals surface area contributed by atoms with E-state index in [0.717, 1.165) is 37.7 Å². The first-order valence-corrected chi connectivity index (χ1v) is 9.19. The predicted molar refractivity (Wildman–Crippen MR) is 92.9 cm³/mol. The SMILES string of the molecule is C[C@@H](SC[C@H](O)c1ccccc1)C(=O)NC1(C#N)CCCCC1. The summed E-state index contributed by atoms with van der Waals surface area (Å²) < 4.78 is 0. The molecule has 1 aromatic rings. The minimum Gasteiger partial charge on any atom is -0.388 e. The number of hydrogen-bond acceptors (Lipinski definition) is 4. The monoisotopic (exact) mass is 332 g/mol. The molecule has 4 nitrogen and oxygen atoms in total. The van der Waals surface area contributed by atoms with Gasteiger partial charge in [-0.1, -0.05) is 49.6 Å². The number of aliphatic hydroxyl groups is 1. The van der Waals surface area contributed by atoms with Crippen molar-refractivity contribution in [3.63, 3.8) is 0 Å². The third-order valence-electron chi connectivity index (χ3n) is 4.34. The first-order valence-electron chi connectivity index (χ1n) is 8.14. The highest BCUT2D eigenvalue weighted by Gasteiger charge is 2.34. The molecule has 0 radical (unpaired) electrons. The summed E-state index contributed by atoms with van der Waals surface area (Å²) in [5.74, 6) is 0.344. The van der Waals surface area contributed by atoms with Crippen molar-refractivity contribution in [2.24, 2.45) is 0 Å². The molecule has 2 atom stereocenters. The van der Waals surface area contributed by atoms with Crippen LogP contribution in [0.4, 0.5) is 0 Å². The van der Waals surface area contributed by atoms with Crippen molar-refractivity contribution >= 4 is 17.7 Å². The van der Waals surface area contributed by atoms with Gasteiger partial charge >= 0.3 is 0 Å². The molecule has 1 aromatic carbocycles. The molecular formula is C18H24N2O2S. The van der Waals surface area contributed by atoms with E-state index in [1.165, 1.54) is 11.8 Å². The van der Waals surface area contributed by atoms with Crippen LogP contribution >= 0.6 is 11.8 Å². The van der Waals surface area contributed by atoms with Crippen LogP contribution < -0.4 is 5.32 Å². The number of carbonyl (C=O) groups excluding carboxylic acids is 1. The summed E-state index contributed by atoms with van der Waals surface area (Å²) in [6.07, 6.45) is 3.99. The second kappa shape index (κ2) is 8.37. The first-order chi connectivity index (χ1) is 11.1. The molecule has 0 saturated heterocycles. The quantitative estimate of drug-likeness (QED) is 0.839. The van der Waals surface area contributed by atoms with Gasteiger partial charge in [0.15, 0.2) is 0 Å². The zero-order chi connectivity index (χ0) is 16.7. The number of benzene rings is 1. The van der Waals surface area contributed by atoms with Gasteiger partial charge in [0.25, 0.3) is 0 Å². The highest BCUT2D eigenvalue weighted by atomic mass is 32.2. The van der Waals surface area contributed by atoms with Crippen molar-refractivity contribution < 1.29 is 9.90 Å². The number of thioether (sulfide) groups is 1. The molecule has 0 spiro atoms. The molecule has 1 aliphatic rings. The average molecular weight is 332 g/mol. The summed E-state index contributed by atoms with van der Waals surface area (Å²) in [6.45, 7) is 1.83. The zero-order valence-electron chi connectivity index (χ0n) is 13.5. The lowest BCUT2D eigenvalue weighted by atomic mass is 9.83. The van der Waals surface area contributed by atoms with Gasteiger partial charge in [-0.2, -0.15) is 5.26 Å². The molecule has 0 aromatic heterocycles. The molecule has 0 bridgehead atoms. The number of nitrogens with one attached hydrogen (secondary N) is 1. The Balaban J connectivity index is 1.84. The van der Waals surface area contributed by atoms with E-state index in [4.69, 9.17) is 0 Å². The number of amides is 1. The number of nitrogens with zero attached hydrogens (tertiary/aromatic N) is 1. The fourth-order valence-electron chi connectivity index (χ4n) is 2.84. The van der Waals surface area contributed by atoms with E-state index in [1.54, 1.807) is 0 Å². The smallest absolute Gasteiger partial charge is 0.234 e. The van der Waals surface area contributed by atoms with Crippen LogP contribution in [0.3, 0.4) is 0 Å². The Labute approximate surface area is 142 Å². The van der Waals surface area contributed by atoms with Crippen molar-refractivity contribution in [3.8, 4) is 6.07 Å². The standard InChI is InChI=1S/C18H24N2O2S/c1-14(23-12-16(21)15-8-4-2-5-9-15)17(22)20-18(13-19)10-6-3-7-11-18/h2,4-5,8-9,14,16,21H,3,6-7,10-12H2,1H3,(H,20,22)/t14-,16+/m1/s1. The summed E-state index contributed by atoms with van der Waals surface area (Å²) in [5.41, 5.74) is 0.163. The summed E-state index contributed by atoms with van der Waals surface area (Å²) in [4.78, 5) is 12.4. The topological polar surface area (TPSA) is 73.1 Å². The molecule has 0 aliphatic heterocycles. The molecule has 0 unspecified atom stereocenters. The van der Waals surface area contributed by atoms with Crippen LogP contribution in [0.15, 0.2) is 30.3 Å². The van der Waals surface area contributed by atoms with E-state index < -0.39 is 11.6 Å². The molecule has 2 rings (SSSR count). The van der Waals surface area contributed by atoms with Crippen LogP contribution in [0.2, 0.25) is 0 Å². The Morgan fingerprint density at radius 3 is 2.61 bits per heavy atom. The molecule has 5 heteroatoms. The minimum atomic E-state index is -0.692. The molecule has 1 amide bonds. The lowest BCUT2D eigenvalue weighted by Gasteiger charge is -2.32. The lowest BCUT2D eigenvalue weighted by Crippen LogP contribution is -2.51. The molecule has 1 saturated carbocycles. The van der Waals surface area contributed by atoms with Gasteiger partial charge in [-0.3, -0.25) is 4.79 Å². The second-order valence-corrected chi connectivity index (χ2v) is 7.52. The third kappa shape index (κ3) is 4.98. The van der Waals surface area contributed by atoms with Crippen LogP contribution in [0, 0.1) is 11.3 Å². The van der Waals surface area contributed by atoms with E-state index in [2.05, 4.69) is 11.4 Å². The summed E-state index contributed by atoms with van der Waals surface area (Å²) >= 11 is 1.41. The maximum atomic E-state index is 12.4. The van der Waals surface area contributed by atoms with Gasteiger partial charge in [-0.15, -0.1) is 11.8 Å². The maximum Gasteiger partial charge on any atom is 0.234 e. The fourth-order valence-corrected chi connectivity index (χ4v) is 3.71. The Kier molecular flexibility index (Phi) is 6.49. The van der Waals surface area contributed by atoms with E-state index in [1.807, 2.05) is 37.3 Å². The molecule has 23 heavy (non-hydrogen) atoms. The van der Waals surface area contributed by atoms with Gasteiger partial charge in [0.2, 0.25) is 5.91 Å². The van der Waals surface area contributed by atoms with Gasteiger partial charge in [-0.25, -0.2) is 0 Å². The van der Waals surface area contributed by atoms with Crippen molar-refractivity contribution in [3.05, 3.63) is 35.9 Å². The number of carbonyl (C=O) groups is 1. The van der Waals surface area contributed by atoms with Gasteiger partial charge in [0.1, 0.15) is 5.54 Å². The van der Waals surface area contributed by atoms with Crippen LogP contribution in [-0.2, 0) is 4.79 Å². The molecule has 2 N–H and O–H groups in total. The number of aliphatic hydroxyl groups excluding tert-OH is 1. The summed E-state index contributed by atoms with van der Waals surface area (Å²) in [5, 5.41) is 22.2. The van der Waals surface area contributed by atoms with Gasteiger partial charge < -0.3 is 10.4 Å². The predicted octanol–water partition coefficient (Wildman–Crippen LogP) is 3.18. The lowest BCUT2D eigenvalue weighted by molar-refractivity contribution is -0.121. The van der Waals surface area contributed by atoms with Crippen molar-refractivity contribution in [1.82, 2.24) is 5.32 Å². The van der Waals surface area contributed by atoms with Crippen LogP contribution in [0.1, 0.15) is 50.7 Å². The Hall–Kier alpha value is -1.51. The van der Waals surface area contributed by atoms with E-state index >= 15 is 0 Å². The Bertz CT molecular complexity index is 550. The Morgan fingerprint density at radius 2 is 2.00 bits per heavy atom. The molecule has 1 aliphatic carbocycles. The van der Waals surface area contributed by atoms with Crippen molar-refractivity contribution in [1.29, 1.82) is 5.26 Å². The van der Waals surface area contributed by atoms with Gasteiger partial charge in [-0.05, 0) is 25.3 Å². The van der Waals surface area contributed by atoms with Gasteiger partial charge in [0, 0.05) is 5.75 Å². The van der Waals surface area contributed by atoms with Crippen LogP contribution in [0.25, 0.3) is 0 Å². The van der Waals surface area contributed by atoms with E-state index in [0.29, 0.717) is 5.75 Å². The molecular weight excluding hydrogens is 308 g/mol. The van der Waals surface area contributed by atoms with E-state index in [9.17, 15) is 15.2 Å². The Morgan fingerprint density at radius 1 is 1.35 bits per heavy atom. The number of rotatable bonds is 6. The summed E-state index contributed by atoms with van der Waals surface area (Å²) in [6, 6.07) is 11.7. The molecule has 1 fully saturated rings. The van der Waals surface area contributed by atoms with Crippen LogP contribution in [-0.4, -0.2) is 27.6 Å². The largest absolute Gasteiger partial charge is 0.388 e. The molecule has 0 heterocycles. The number of nitriles is 1.